The monoisotopic (exact) mass is 210 g/mol. The summed E-state index contributed by atoms with van der Waals surface area (Å²) in [6.07, 6.45) is 1.86. The van der Waals surface area contributed by atoms with Gasteiger partial charge in [-0.1, -0.05) is 17.7 Å². The minimum atomic E-state index is -0.406. The maximum atomic E-state index is 9.28. The molecule has 0 aromatic carbocycles. The Kier molecular flexibility index (Phi) is 2.44. The van der Waals surface area contributed by atoms with Crippen molar-refractivity contribution in [3.8, 4) is 0 Å². The van der Waals surface area contributed by atoms with E-state index in [1.807, 2.05) is 22.6 Å². The van der Waals surface area contributed by atoms with Crippen molar-refractivity contribution < 1.29 is 5.11 Å². The number of aliphatic hydroxyl groups is 1. The Morgan fingerprint density at radius 1 is 1.57 bits per heavy atom. The summed E-state index contributed by atoms with van der Waals surface area (Å²) in [6.45, 7) is 1.73. The number of nitrogens with zero attached hydrogens (tertiary/aromatic N) is 2. The summed E-state index contributed by atoms with van der Waals surface area (Å²) in [4.78, 5) is 4.21. The second kappa shape index (κ2) is 3.59. The lowest BCUT2D eigenvalue weighted by Gasteiger charge is -2.04. The molecular formula is C10H11ClN2O. The molecule has 3 nitrogen and oxygen atoms in total. The maximum Gasteiger partial charge on any atom is 0.116 e. The first-order valence-corrected chi connectivity index (χ1v) is 4.85. The Bertz CT molecular complexity index is 450. The molecule has 2 aromatic rings. The molecule has 4 heteroatoms. The molecule has 2 aromatic heterocycles. The lowest BCUT2D eigenvalue weighted by atomic mass is 10.3. The van der Waals surface area contributed by atoms with Crippen molar-refractivity contribution in [3.63, 3.8) is 0 Å². The molecule has 1 atom stereocenters. The molecule has 0 bridgehead atoms. The summed E-state index contributed by atoms with van der Waals surface area (Å²) in [5.41, 5.74) is 0.952. The highest BCUT2D eigenvalue weighted by Gasteiger charge is 2.08. The minimum absolute atomic E-state index is 0.406. The average Bonchev–Trinajstić information content (AvgIpc) is 2.49. The molecule has 0 fully saturated rings. The second-order valence-electron chi connectivity index (χ2n) is 3.34. The zero-order valence-corrected chi connectivity index (χ0v) is 8.57. The first-order chi connectivity index (χ1) is 6.68. The van der Waals surface area contributed by atoms with Crippen LogP contribution in [0.4, 0.5) is 0 Å². The normalized spacial score (nSPS) is 13.4. The van der Waals surface area contributed by atoms with Crippen LogP contribution < -0.4 is 0 Å². The quantitative estimate of drug-likeness (QED) is 0.769. The van der Waals surface area contributed by atoms with Gasteiger partial charge in [0, 0.05) is 6.42 Å². The van der Waals surface area contributed by atoms with Crippen molar-refractivity contribution in [1.82, 2.24) is 9.38 Å². The van der Waals surface area contributed by atoms with Gasteiger partial charge in [0.2, 0.25) is 0 Å². The van der Waals surface area contributed by atoms with Gasteiger partial charge in [0.15, 0.2) is 0 Å². The van der Waals surface area contributed by atoms with E-state index in [-0.39, 0.29) is 0 Å². The van der Waals surface area contributed by atoms with Gasteiger partial charge in [-0.05, 0) is 19.1 Å². The van der Waals surface area contributed by atoms with Gasteiger partial charge in [-0.15, -0.1) is 0 Å². The number of imidazole rings is 1. The molecule has 0 amide bonds. The van der Waals surface area contributed by atoms with Gasteiger partial charge in [-0.25, -0.2) is 4.98 Å². The number of halogens is 1. The van der Waals surface area contributed by atoms with E-state index in [9.17, 15) is 5.11 Å². The number of aromatic nitrogens is 2. The molecule has 2 heterocycles. The molecule has 0 aliphatic carbocycles. The van der Waals surface area contributed by atoms with Gasteiger partial charge in [0.25, 0.3) is 0 Å². The molecule has 0 spiro atoms. The van der Waals surface area contributed by atoms with Crippen LogP contribution in [-0.2, 0) is 6.42 Å². The number of rotatable bonds is 2. The predicted molar refractivity (Wildman–Crippen MR) is 55.6 cm³/mol. The number of pyridine rings is 1. The summed E-state index contributed by atoms with van der Waals surface area (Å²) >= 11 is 6.03. The SMILES string of the molecule is CC(O)Cc1ncc2cccc(Cl)n12. The fourth-order valence-corrected chi connectivity index (χ4v) is 1.75. The van der Waals surface area contributed by atoms with E-state index in [0.29, 0.717) is 11.6 Å². The Hall–Kier alpha value is -1.06. The fraction of sp³-hybridized carbons (Fsp3) is 0.300. The first kappa shape index (κ1) is 9.49. The molecule has 0 radical (unpaired) electrons. The second-order valence-corrected chi connectivity index (χ2v) is 3.72. The largest absolute Gasteiger partial charge is 0.393 e. The van der Waals surface area contributed by atoms with E-state index in [2.05, 4.69) is 4.98 Å². The highest BCUT2D eigenvalue weighted by molar-refractivity contribution is 6.29. The van der Waals surface area contributed by atoms with Crippen molar-refractivity contribution in [2.24, 2.45) is 0 Å². The third-order valence-electron chi connectivity index (χ3n) is 2.05. The molecule has 0 saturated carbocycles. The van der Waals surface area contributed by atoms with E-state index in [1.54, 1.807) is 13.1 Å². The topological polar surface area (TPSA) is 37.5 Å². The average molecular weight is 211 g/mol. The highest BCUT2D eigenvalue weighted by Crippen LogP contribution is 2.16. The maximum absolute atomic E-state index is 9.28. The lowest BCUT2D eigenvalue weighted by Crippen LogP contribution is -2.08. The molecule has 1 unspecified atom stereocenters. The molecule has 2 rings (SSSR count). The predicted octanol–water partition coefficient (Wildman–Crippen LogP) is 1.91. The van der Waals surface area contributed by atoms with Crippen molar-refractivity contribution in [1.29, 1.82) is 0 Å². The van der Waals surface area contributed by atoms with Crippen LogP contribution in [0.1, 0.15) is 12.7 Å². The van der Waals surface area contributed by atoms with Gasteiger partial charge in [-0.3, -0.25) is 4.40 Å². The summed E-state index contributed by atoms with van der Waals surface area (Å²) < 4.78 is 1.84. The van der Waals surface area contributed by atoms with E-state index in [4.69, 9.17) is 11.6 Å². The standard InChI is InChI=1S/C10H11ClN2O/c1-7(14)5-10-12-6-8-3-2-4-9(11)13(8)10/h2-4,6-7,14H,5H2,1H3. The third-order valence-corrected chi connectivity index (χ3v) is 2.35. The Balaban J connectivity index is 2.55. The summed E-state index contributed by atoms with van der Waals surface area (Å²) in [7, 11) is 0. The highest BCUT2D eigenvalue weighted by atomic mass is 35.5. The van der Waals surface area contributed by atoms with Gasteiger partial charge < -0.3 is 5.11 Å². The number of hydrogen-bond acceptors (Lipinski definition) is 2. The third kappa shape index (κ3) is 1.61. The molecule has 0 aliphatic heterocycles. The Labute approximate surface area is 87.0 Å². The lowest BCUT2D eigenvalue weighted by molar-refractivity contribution is 0.192. The molecule has 74 valence electrons. The van der Waals surface area contributed by atoms with Crippen molar-refractivity contribution in [3.05, 3.63) is 35.4 Å². The van der Waals surface area contributed by atoms with Gasteiger partial charge in [0.05, 0.1) is 17.8 Å². The number of hydrogen-bond donors (Lipinski definition) is 1. The van der Waals surface area contributed by atoms with E-state index in [0.717, 1.165) is 11.3 Å². The first-order valence-electron chi connectivity index (χ1n) is 4.47. The molecular weight excluding hydrogens is 200 g/mol. The Morgan fingerprint density at radius 2 is 2.36 bits per heavy atom. The van der Waals surface area contributed by atoms with Crippen molar-refractivity contribution in [2.75, 3.05) is 0 Å². The van der Waals surface area contributed by atoms with E-state index < -0.39 is 6.10 Å². The molecule has 0 saturated heterocycles. The molecule has 14 heavy (non-hydrogen) atoms. The van der Waals surface area contributed by atoms with E-state index in [1.165, 1.54) is 0 Å². The summed E-state index contributed by atoms with van der Waals surface area (Å²) in [6, 6.07) is 5.62. The van der Waals surface area contributed by atoms with Crippen LogP contribution >= 0.6 is 11.6 Å². The van der Waals surface area contributed by atoms with Crippen LogP contribution in [0.5, 0.6) is 0 Å². The minimum Gasteiger partial charge on any atom is -0.393 e. The summed E-state index contributed by atoms with van der Waals surface area (Å²) in [5, 5.41) is 9.90. The van der Waals surface area contributed by atoms with Crippen LogP contribution in [0, 0.1) is 0 Å². The Morgan fingerprint density at radius 3 is 3.07 bits per heavy atom. The van der Waals surface area contributed by atoms with Gasteiger partial charge >= 0.3 is 0 Å². The molecule has 0 aliphatic rings. The van der Waals surface area contributed by atoms with E-state index >= 15 is 0 Å². The summed E-state index contributed by atoms with van der Waals surface area (Å²) in [5.74, 6) is 0.792. The van der Waals surface area contributed by atoms with Crippen LogP contribution in [0.2, 0.25) is 5.15 Å². The van der Waals surface area contributed by atoms with Crippen LogP contribution in [-0.4, -0.2) is 20.6 Å². The zero-order valence-electron chi connectivity index (χ0n) is 7.81. The van der Waals surface area contributed by atoms with Crippen molar-refractivity contribution in [2.45, 2.75) is 19.4 Å². The van der Waals surface area contributed by atoms with Crippen LogP contribution in [0.3, 0.4) is 0 Å². The van der Waals surface area contributed by atoms with Crippen LogP contribution in [0.25, 0.3) is 5.52 Å². The zero-order chi connectivity index (χ0) is 10.1. The fourth-order valence-electron chi connectivity index (χ4n) is 1.48. The van der Waals surface area contributed by atoms with Crippen LogP contribution in [0.15, 0.2) is 24.4 Å². The van der Waals surface area contributed by atoms with Gasteiger partial charge in [-0.2, -0.15) is 0 Å². The van der Waals surface area contributed by atoms with Gasteiger partial charge in [0.1, 0.15) is 11.0 Å². The number of aliphatic hydroxyl groups excluding tert-OH is 1. The number of fused-ring (bicyclic) bond motifs is 1. The van der Waals surface area contributed by atoms with Crippen molar-refractivity contribution >= 4 is 17.1 Å². The molecule has 1 N–H and O–H groups in total. The smallest absolute Gasteiger partial charge is 0.116 e.